The Morgan fingerprint density at radius 3 is 1.80 bits per heavy atom. The second-order valence-corrected chi connectivity index (χ2v) is 10.7. The number of nitrogens with zero attached hydrogens (tertiary/aromatic N) is 3. The molecular formula is C38H23N3. The highest BCUT2D eigenvalue weighted by molar-refractivity contribution is 6.15. The summed E-state index contributed by atoms with van der Waals surface area (Å²) in [4.78, 5) is 0. The van der Waals surface area contributed by atoms with Gasteiger partial charge in [-0.05, 0) is 56.6 Å². The summed E-state index contributed by atoms with van der Waals surface area (Å²) in [6.07, 6.45) is 0. The van der Waals surface area contributed by atoms with Crippen molar-refractivity contribution in [2.24, 2.45) is 0 Å². The van der Waals surface area contributed by atoms with Crippen LogP contribution < -0.4 is 0 Å². The maximum atomic E-state index is 4.96. The van der Waals surface area contributed by atoms with Crippen LogP contribution in [0.15, 0.2) is 140 Å². The van der Waals surface area contributed by atoms with E-state index in [1.807, 2.05) is 0 Å². The molecule has 0 aliphatic carbocycles. The third-order valence-electron chi connectivity index (χ3n) is 8.44. The molecule has 0 unspecified atom stereocenters. The van der Waals surface area contributed by atoms with Gasteiger partial charge in [0, 0.05) is 27.1 Å². The molecule has 9 rings (SSSR count). The van der Waals surface area contributed by atoms with Gasteiger partial charge in [-0.25, -0.2) is 0 Å². The van der Waals surface area contributed by atoms with E-state index in [2.05, 4.69) is 144 Å². The van der Waals surface area contributed by atoms with Crippen LogP contribution in [0.1, 0.15) is 0 Å². The highest BCUT2D eigenvalue weighted by Crippen LogP contribution is 2.38. The summed E-state index contributed by atoms with van der Waals surface area (Å²) in [6, 6.07) is 49.8. The van der Waals surface area contributed by atoms with Gasteiger partial charge in [-0.3, -0.25) is 4.57 Å². The zero-order valence-electron chi connectivity index (χ0n) is 22.1. The third-order valence-corrected chi connectivity index (χ3v) is 8.44. The van der Waals surface area contributed by atoms with E-state index in [0.717, 1.165) is 38.9 Å². The molecule has 0 atom stereocenters. The van der Waals surface area contributed by atoms with E-state index in [-0.39, 0.29) is 0 Å². The molecule has 0 fully saturated rings. The summed E-state index contributed by atoms with van der Waals surface area (Å²) in [6.45, 7) is 0. The molecule has 0 saturated carbocycles. The van der Waals surface area contributed by atoms with Crippen molar-refractivity contribution in [2.75, 3.05) is 0 Å². The minimum Gasteiger partial charge on any atom is -0.292 e. The van der Waals surface area contributed by atoms with Gasteiger partial charge < -0.3 is 0 Å². The molecule has 3 nitrogen and oxygen atoms in total. The van der Waals surface area contributed by atoms with Gasteiger partial charge in [0.1, 0.15) is 5.69 Å². The number of hydrogen-bond donors (Lipinski definition) is 0. The van der Waals surface area contributed by atoms with Crippen LogP contribution >= 0.6 is 0 Å². The molecule has 190 valence electrons. The van der Waals surface area contributed by atoms with Crippen molar-refractivity contribution in [3.05, 3.63) is 140 Å². The minimum atomic E-state index is 0.845. The smallest absolute Gasteiger partial charge is 0.168 e. The van der Waals surface area contributed by atoms with E-state index < -0.39 is 0 Å². The Morgan fingerprint density at radius 1 is 0.366 bits per heavy atom. The maximum Gasteiger partial charge on any atom is 0.168 e. The van der Waals surface area contributed by atoms with E-state index >= 15 is 0 Å². The number of benzene rings is 7. The summed E-state index contributed by atoms with van der Waals surface area (Å²) >= 11 is 0. The Morgan fingerprint density at radius 2 is 0.976 bits per heavy atom. The Hall–Kier alpha value is -5.54. The van der Waals surface area contributed by atoms with E-state index in [0.29, 0.717) is 0 Å². The van der Waals surface area contributed by atoms with Crippen LogP contribution in [0.4, 0.5) is 0 Å². The first-order valence-corrected chi connectivity index (χ1v) is 13.9. The van der Waals surface area contributed by atoms with Crippen LogP contribution in [0.2, 0.25) is 0 Å². The predicted octanol–water partition coefficient (Wildman–Crippen LogP) is 9.85. The van der Waals surface area contributed by atoms with E-state index in [9.17, 15) is 0 Å². The molecule has 0 aliphatic heterocycles. The van der Waals surface area contributed by atoms with Crippen molar-refractivity contribution in [1.82, 2.24) is 14.8 Å². The van der Waals surface area contributed by atoms with Crippen molar-refractivity contribution in [3.8, 4) is 17.1 Å². The number of aromatic nitrogens is 3. The summed E-state index contributed by atoms with van der Waals surface area (Å²) in [7, 11) is 0. The molecule has 9 aromatic rings. The predicted molar refractivity (Wildman–Crippen MR) is 172 cm³/mol. The highest BCUT2D eigenvalue weighted by Gasteiger charge is 2.18. The first-order chi connectivity index (χ1) is 20.3. The molecule has 0 saturated heterocycles. The molecule has 7 aromatic carbocycles. The van der Waals surface area contributed by atoms with E-state index in [4.69, 9.17) is 10.2 Å². The molecule has 0 bridgehead atoms. The molecule has 0 radical (unpaired) electrons. The zero-order chi connectivity index (χ0) is 26.9. The fourth-order valence-corrected chi connectivity index (χ4v) is 6.50. The van der Waals surface area contributed by atoms with E-state index in [1.165, 1.54) is 43.1 Å². The summed E-state index contributed by atoms with van der Waals surface area (Å²) < 4.78 is 2.28. The van der Waals surface area contributed by atoms with Crippen molar-refractivity contribution in [3.63, 3.8) is 0 Å². The quantitative estimate of drug-likeness (QED) is 0.212. The molecule has 41 heavy (non-hydrogen) atoms. The number of para-hydroxylation sites is 1. The molecular weight excluding hydrogens is 498 g/mol. The largest absolute Gasteiger partial charge is 0.292 e. The van der Waals surface area contributed by atoms with Crippen LogP contribution in [0, 0.1) is 0 Å². The lowest BCUT2D eigenvalue weighted by atomic mass is 9.97. The van der Waals surface area contributed by atoms with Gasteiger partial charge in [0.15, 0.2) is 5.82 Å². The lowest BCUT2D eigenvalue weighted by Gasteiger charge is -2.13. The second kappa shape index (κ2) is 8.48. The van der Waals surface area contributed by atoms with Gasteiger partial charge in [0.2, 0.25) is 0 Å². The number of rotatable bonds is 2. The Bertz CT molecular complexity index is 2490. The van der Waals surface area contributed by atoms with Crippen LogP contribution in [-0.4, -0.2) is 14.8 Å². The monoisotopic (exact) mass is 521 g/mol. The van der Waals surface area contributed by atoms with Gasteiger partial charge in [-0.2, -0.15) is 0 Å². The maximum absolute atomic E-state index is 4.96. The first-order valence-electron chi connectivity index (χ1n) is 13.9. The number of fused-ring (bicyclic) bond motifs is 8. The lowest BCUT2D eigenvalue weighted by molar-refractivity contribution is 0.977. The number of hydrogen-bond acceptors (Lipinski definition) is 2. The first kappa shape index (κ1) is 22.3. The van der Waals surface area contributed by atoms with Crippen LogP contribution in [-0.2, 0) is 0 Å². The van der Waals surface area contributed by atoms with Gasteiger partial charge in [0.25, 0.3) is 0 Å². The minimum absolute atomic E-state index is 0.845. The van der Waals surface area contributed by atoms with E-state index in [1.54, 1.807) is 0 Å². The Labute approximate surface area is 235 Å². The third kappa shape index (κ3) is 3.26. The molecule has 2 aromatic heterocycles. The van der Waals surface area contributed by atoms with Crippen LogP contribution in [0.25, 0.3) is 82.0 Å². The van der Waals surface area contributed by atoms with Crippen LogP contribution in [0.3, 0.4) is 0 Å². The van der Waals surface area contributed by atoms with Gasteiger partial charge >= 0.3 is 0 Å². The zero-order valence-corrected chi connectivity index (χ0v) is 22.1. The fraction of sp³-hybridized carbons (Fsp3) is 0. The summed E-state index contributed by atoms with van der Waals surface area (Å²) in [5.41, 5.74) is 4.22. The highest BCUT2D eigenvalue weighted by atomic mass is 15.2. The van der Waals surface area contributed by atoms with Crippen molar-refractivity contribution in [2.45, 2.75) is 0 Å². The Kier molecular flexibility index (Phi) is 4.61. The molecule has 0 spiro atoms. The standard InChI is InChI=1S/C38H23N3/c1-2-11-27-23-36-34(21-26(27)10-1)30-13-7-8-16-35(30)41(36)38-32-15-6-5-14-31(32)37(39-40-38)28-20-19-25-18-17-24-9-3-4-12-29(24)33(25)22-28/h1-23H. The summed E-state index contributed by atoms with van der Waals surface area (Å²) in [5, 5.41) is 21.9. The van der Waals surface area contributed by atoms with Gasteiger partial charge in [0.05, 0.1) is 11.0 Å². The normalized spacial score (nSPS) is 11.9. The fourth-order valence-electron chi connectivity index (χ4n) is 6.50. The van der Waals surface area contributed by atoms with Crippen molar-refractivity contribution in [1.29, 1.82) is 0 Å². The van der Waals surface area contributed by atoms with Crippen molar-refractivity contribution >= 4 is 64.9 Å². The average Bonchev–Trinajstić information content (AvgIpc) is 3.36. The molecule has 0 amide bonds. The van der Waals surface area contributed by atoms with Gasteiger partial charge in [-0.1, -0.05) is 115 Å². The molecule has 0 N–H and O–H groups in total. The van der Waals surface area contributed by atoms with Crippen molar-refractivity contribution < 1.29 is 0 Å². The van der Waals surface area contributed by atoms with Gasteiger partial charge in [-0.15, -0.1) is 10.2 Å². The molecule has 2 heterocycles. The topological polar surface area (TPSA) is 30.7 Å². The average molecular weight is 522 g/mol. The Balaban J connectivity index is 1.34. The second-order valence-electron chi connectivity index (χ2n) is 10.7. The van der Waals surface area contributed by atoms with Crippen LogP contribution in [0.5, 0.6) is 0 Å². The molecule has 0 aliphatic rings. The SMILES string of the molecule is c1ccc2cc3c(cc2c1)c1ccccc1n3-c1nnc(-c2ccc3ccc4ccccc4c3c2)c2ccccc12. The molecule has 3 heteroatoms. The lowest BCUT2D eigenvalue weighted by Crippen LogP contribution is -2.02. The summed E-state index contributed by atoms with van der Waals surface area (Å²) in [5.74, 6) is 0.845.